The van der Waals surface area contributed by atoms with Gasteiger partial charge in [0, 0.05) is 13.0 Å². The molecule has 1 atom stereocenters. The van der Waals surface area contributed by atoms with Crippen LogP contribution in [-0.4, -0.2) is 35.7 Å². The van der Waals surface area contributed by atoms with Gasteiger partial charge in [0.05, 0.1) is 19.6 Å². The van der Waals surface area contributed by atoms with E-state index in [0.717, 1.165) is 5.56 Å². The molecule has 0 aliphatic carbocycles. The normalized spacial score (nSPS) is 15.8. The first kappa shape index (κ1) is 17.6. The summed E-state index contributed by atoms with van der Waals surface area (Å²) in [5, 5.41) is 19.6. The molecule has 2 aromatic carbocycles. The summed E-state index contributed by atoms with van der Waals surface area (Å²) in [6.07, 6.45) is 0.382. The average Bonchev–Trinajstić information content (AvgIpc) is 2.60. The highest BCUT2D eigenvalue weighted by atomic mass is 16.6. The SMILES string of the molecule is COc1cc(O)c2c(c1OC(C)=O)OCC(Cc1ccc(O)cc1)C2=O. The van der Waals surface area contributed by atoms with Crippen molar-refractivity contribution in [2.24, 2.45) is 5.92 Å². The number of esters is 1. The minimum atomic E-state index is -0.599. The van der Waals surface area contributed by atoms with E-state index in [1.807, 2.05) is 0 Å². The Kier molecular flexibility index (Phi) is 4.71. The second-order valence-electron chi connectivity index (χ2n) is 5.97. The van der Waals surface area contributed by atoms with E-state index in [0.29, 0.717) is 6.42 Å². The van der Waals surface area contributed by atoms with Crippen LogP contribution in [0, 0.1) is 5.92 Å². The molecule has 0 radical (unpaired) electrons. The summed E-state index contributed by atoms with van der Waals surface area (Å²) >= 11 is 0. The Morgan fingerprint density at radius 3 is 2.58 bits per heavy atom. The van der Waals surface area contributed by atoms with Gasteiger partial charge in [0.1, 0.15) is 17.1 Å². The molecule has 0 aromatic heterocycles. The molecule has 0 spiro atoms. The first-order valence-electron chi connectivity index (χ1n) is 7.98. The molecule has 1 aliphatic heterocycles. The largest absolute Gasteiger partial charge is 0.508 e. The number of methoxy groups -OCH3 is 1. The van der Waals surface area contributed by atoms with E-state index in [1.54, 1.807) is 24.3 Å². The molecule has 0 saturated heterocycles. The summed E-state index contributed by atoms with van der Waals surface area (Å²) in [5.41, 5.74) is 0.818. The lowest BCUT2D eigenvalue weighted by Crippen LogP contribution is -2.30. The number of benzene rings is 2. The lowest BCUT2D eigenvalue weighted by atomic mass is 9.89. The lowest BCUT2D eigenvalue weighted by Gasteiger charge is -2.27. The molecule has 2 aromatic rings. The number of rotatable bonds is 4. The second kappa shape index (κ2) is 6.95. The van der Waals surface area contributed by atoms with Crippen LogP contribution in [0.5, 0.6) is 28.7 Å². The van der Waals surface area contributed by atoms with Crippen LogP contribution in [0.1, 0.15) is 22.8 Å². The quantitative estimate of drug-likeness (QED) is 0.639. The number of aromatic hydroxyl groups is 2. The van der Waals surface area contributed by atoms with Crippen LogP contribution in [0.2, 0.25) is 0 Å². The molecule has 3 rings (SSSR count). The van der Waals surface area contributed by atoms with Crippen LogP contribution in [0.3, 0.4) is 0 Å². The maximum Gasteiger partial charge on any atom is 0.308 e. The van der Waals surface area contributed by atoms with E-state index in [1.165, 1.54) is 20.1 Å². The minimum absolute atomic E-state index is 0.00371. The molecule has 1 unspecified atom stereocenters. The number of hydrogen-bond donors (Lipinski definition) is 2. The molecule has 26 heavy (non-hydrogen) atoms. The fourth-order valence-corrected chi connectivity index (χ4v) is 2.90. The van der Waals surface area contributed by atoms with E-state index in [4.69, 9.17) is 14.2 Å². The standard InChI is InChI=1S/C19H18O7/c1-10(20)26-18-15(24-2)8-14(22)16-17(23)12(9-25-19(16)18)7-11-3-5-13(21)6-4-11/h3-6,8,12,21-22H,7,9H2,1-2H3. The van der Waals surface area contributed by atoms with Crippen molar-refractivity contribution in [1.29, 1.82) is 0 Å². The average molecular weight is 358 g/mol. The predicted octanol–water partition coefficient (Wildman–Crippen LogP) is 2.47. The zero-order valence-electron chi connectivity index (χ0n) is 14.3. The predicted molar refractivity (Wildman–Crippen MR) is 91.1 cm³/mol. The van der Waals surface area contributed by atoms with Crippen LogP contribution in [-0.2, 0) is 11.2 Å². The molecule has 2 N–H and O–H groups in total. The molecular weight excluding hydrogens is 340 g/mol. The molecule has 7 heteroatoms. The van der Waals surface area contributed by atoms with Crippen LogP contribution in [0.4, 0.5) is 0 Å². The smallest absolute Gasteiger partial charge is 0.308 e. The van der Waals surface area contributed by atoms with Gasteiger partial charge in [-0.25, -0.2) is 0 Å². The molecule has 1 aliphatic rings. The molecule has 1 heterocycles. The van der Waals surface area contributed by atoms with E-state index in [9.17, 15) is 19.8 Å². The van der Waals surface area contributed by atoms with Crippen molar-refractivity contribution in [2.75, 3.05) is 13.7 Å². The Morgan fingerprint density at radius 1 is 1.27 bits per heavy atom. The lowest BCUT2D eigenvalue weighted by molar-refractivity contribution is -0.132. The van der Waals surface area contributed by atoms with Crippen molar-refractivity contribution in [3.8, 4) is 28.7 Å². The van der Waals surface area contributed by atoms with Crippen molar-refractivity contribution in [3.63, 3.8) is 0 Å². The fraction of sp³-hybridized carbons (Fsp3) is 0.263. The monoisotopic (exact) mass is 358 g/mol. The maximum atomic E-state index is 12.9. The zero-order chi connectivity index (χ0) is 18.8. The summed E-state index contributed by atoms with van der Waals surface area (Å²) in [6, 6.07) is 7.74. The molecular formula is C19H18O7. The van der Waals surface area contributed by atoms with Gasteiger partial charge >= 0.3 is 5.97 Å². The van der Waals surface area contributed by atoms with Gasteiger partial charge in [-0.3, -0.25) is 9.59 Å². The van der Waals surface area contributed by atoms with Gasteiger partial charge < -0.3 is 24.4 Å². The number of phenolic OH excluding ortho intramolecular Hbond substituents is 2. The van der Waals surface area contributed by atoms with Gasteiger partial charge in [-0.2, -0.15) is 0 Å². The third-order valence-corrected chi connectivity index (χ3v) is 4.11. The van der Waals surface area contributed by atoms with Crippen molar-refractivity contribution in [3.05, 3.63) is 41.5 Å². The molecule has 0 fully saturated rings. The van der Waals surface area contributed by atoms with Gasteiger partial charge in [-0.1, -0.05) is 12.1 Å². The molecule has 0 amide bonds. The van der Waals surface area contributed by atoms with Gasteiger partial charge in [0.25, 0.3) is 0 Å². The van der Waals surface area contributed by atoms with E-state index >= 15 is 0 Å². The Morgan fingerprint density at radius 2 is 1.96 bits per heavy atom. The first-order chi connectivity index (χ1) is 12.4. The summed E-state index contributed by atoms with van der Waals surface area (Å²) in [6.45, 7) is 1.28. The Balaban J connectivity index is 1.96. The number of phenols is 2. The molecule has 7 nitrogen and oxygen atoms in total. The zero-order valence-corrected chi connectivity index (χ0v) is 14.3. The molecule has 0 saturated carbocycles. The van der Waals surface area contributed by atoms with Gasteiger partial charge in [-0.15, -0.1) is 0 Å². The van der Waals surface area contributed by atoms with Crippen LogP contribution < -0.4 is 14.2 Å². The number of fused-ring (bicyclic) bond motifs is 1. The summed E-state index contributed by atoms with van der Waals surface area (Å²) in [7, 11) is 1.35. The van der Waals surface area contributed by atoms with E-state index in [-0.39, 0.29) is 46.7 Å². The topological polar surface area (TPSA) is 102 Å². The number of ether oxygens (including phenoxy) is 3. The Labute approximate surface area is 149 Å². The fourth-order valence-electron chi connectivity index (χ4n) is 2.90. The molecule has 0 bridgehead atoms. The van der Waals surface area contributed by atoms with Crippen molar-refractivity contribution < 1.29 is 34.0 Å². The highest BCUT2D eigenvalue weighted by molar-refractivity contribution is 6.05. The third-order valence-electron chi connectivity index (χ3n) is 4.11. The number of Topliss-reactive ketones (excluding diaryl/α,β-unsaturated/α-hetero) is 1. The number of ketones is 1. The third kappa shape index (κ3) is 3.28. The molecule has 136 valence electrons. The number of carbonyl (C=O) groups is 2. The summed E-state index contributed by atoms with van der Waals surface area (Å²) in [4.78, 5) is 24.2. The number of carbonyl (C=O) groups excluding carboxylic acids is 2. The van der Waals surface area contributed by atoms with E-state index in [2.05, 4.69) is 0 Å². The van der Waals surface area contributed by atoms with Crippen molar-refractivity contribution in [1.82, 2.24) is 0 Å². The van der Waals surface area contributed by atoms with Crippen LogP contribution >= 0.6 is 0 Å². The van der Waals surface area contributed by atoms with Gasteiger partial charge in [0.15, 0.2) is 17.3 Å². The second-order valence-corrected chi connectivity index (χ2v) is 5.97. The summed E-state index contributed by atoms with van der Waals surface area (Å²) < 4.78 is 15.9. The van der Waals surface area contributed by atoms with Gasteiger partial charge in [0.2, 0.25) is 5.75 Å². The highest BCUT2D eigenvalue weighted by Gasteiger charge is 2.36. The maximum absolute atomic E-state index is 12.9. The van der Waals surface area contributed by atoms with Crippen LogP contribution in [0.25, 0.3) is 0 Å². The Hall–Kier alpha value is -3.22. The van der Waals surface area contributed by atoms with Crippen LogP contribution in [0.15, 0.2) is 30.3 Å². The first-order valence-corrected chi connectivity index (χ1v) is 7.98. The van der Waals surface area contributed by atoms with Gasteiger partial charge in [-0.05, 0) is 24.1 Å². The van der Waals surface area contributed by atoms with Crippen molar-refractivity contribution >= 4 is 11.8 Å². The van der Waals surface area contributed by atoms with E-state index < -0.39 is 11.9 Å². The Bertz CT molecular complexity index is 855. The highest BCUT2D eigenvalue weighted by Crippen LogP contribution is 2.48. The summed E-state index contributed by atoms with van der Waals surface area (Å²) in [5.74, 6) is -1.51. The minimum Gasteiger partial charge on any atom is -0.508 e. The number of hydrogen-bond acceptors (Lipinski definition) is 7. The van der Waals surface area contributed by atoms with Crippen molar-refractivity contribution in [2.45, 2.75) is 13.3 Å².